The summed E-state index contributed by atoms with van der Waals surface area (Å²) in [6, 6.07) is 3.33. The van der Waals surface area contributed by atoms with Crippen LogP contribution in [-0.2, 0) is 4.79 Å². The maximum atomic E-state index is 10.8. The molecule has 1 aromatic rings. The van der Waals surface area contributed by atoms with Crippen molar-refractivity contribution in [2.75, 3.05) is 12.3 Å². The minimum Gasteiger partial charge on any atom is -0.489 e. The van der Waals surface area contributed by atoms with Crippen LogP contribution in [0.3, 0.4) is 0 Å². The first-order chi connectivity index (χ1) is 6.93. The largest absolute Gasteiger partial charge is 0.489 e. The van der Waals surface area contributed by atoms with Gasteiger partial charge in [0.1, 0.15) is 6.61 Å². The average Bonchev–Trinajstić information content (AvgIpc) is 2.16. The third kappa shape index (κ3) is 2.83. The first-order valence-electron chi connectivity index (χ1n) is 4.50. The number of hydrogen-bond acceptors (Lipinski definition) is 4. The lowest BCUT2D eigenvalue weighted by atomic mass is 9.95. The fourth-order valence-corrected chi connectivity index (χ4v) is 0.845. The van der Waals surface area contributed by atoms with Gasteiger partial charge >= 0.3 is 5.97 Å². The van der Waals surface area contributed by atoms with E-state index in [0.717, 1.165) is 0 Å². The summed E-state index contributed by atoms with van der Waals surface area (Å²) < 4.78 is 5.29. The Morgan fingerprint density at radius 2 is 2.33 bits per heavy atom. The Morgan fingerprint density at radius 1 is 1.67 bits per heavy atom. The van der Waals surface area contributed by atoms with E-state index in [2.05, 4.69) is 4.98 Å². The summed E-state index contributed by atoms with van der Waals surface area (Å²) in [6.07, 6.45) is 1.55. The monoisotopic (exact) mass is 210 g/mol. The minimum atomic E-state index is -0.942. The van der Waals surface area contributed by atoms with E-state index in [1.807, 2.05) is 0 Å². The Kier molecular flexibility index (Phi) is 3.14. The highest BCUT2D eigenvalue weighted by molar-refractivity contribution is 5.73. The number of aromatic nitrogens is 1. The molecule has 0 aromatic carbocycles. The van der Waals surface area contributed by atoms with Crippen LogP contribution in [0.5, 0.6) is 5.75 Å². The number of hydrogen-bond donors (Lipinski definition) is 2. The van der Waals surface area contributed by atoms with Crippen LogP contribution in [0, 0.1) is 5.41 Å². The molecule has 0 aliphatic rings. The third-order valence-corrected chi connectivity index (χ3v) is 1.97. The van der Waals surface area contributed by atoms with Gasteiger partial charge in [0.2, 0.25) is 0 Å². The smallest absolute Gasteiger partial charge is 0.312 e. The van der Waals surface area contributed by atoms with Crippen LogP contribution in [0.1, 0.15) is 13.8 Å². The van der Waals surface area contributed by atoms with Crippen molar-refractivity contribution >= 4 is 11.8 Å². The summed E-state index contributed by atoms with van der Waals surface area (Å²) in [5.74, 6) is -0.240. The number of carbonyl (C=O) groups is 1. The van der Waals surface area contributed by atoms with E-state index in [1.54, 1.807) is 32.2 Å². The van der Waals surface area contributed by atoms with E-state index in [4.69, 9.17) is 15.6 Å². The van der Waals surface area contributed by atoms with Crippen molar-refractivity contribution in [3.63, 3.8) is 0 Å². The van der Waals surface area contributed by atoms with Crippen LogP contribution in [0.4, 0.5) is 5.82 Å². The zero-order chi connectivity index (χ0) is 11.5. The quantitative estimate of drug-likeness (QED) is 0.778. The Balaban J connectivity index is 2.66. The molecular weight excluding hydrogens is 196 g/mol. The molecular formula is C10H14N2O3. The van der Waals surface area contributed by atoms with Crippen LogP contribution in [0.2, 0.25) is 0 Å². The van der Waals surface area contributed by atoms with Crippen LogP contribution in [-0.4, -0.2) is 22.7 Å². The van der Waals surface area contributed by atoms with Gasteiger partial charge in [-0.1, -0.05) is 0 Å². The number of pyridine rings is 1. The Morgan fingerprint density at radius 3 is 2.87 bits per heavy atom. The summed E-state index contributed by atoms with van der Waals surface area (Å²) in [7, 11) is 0. The second-order valence-corrected chi connectivity index (χ2v) is 3.86. The highest BCUT2D eigenvalue weighted by atomic mass is 16.5. The van der Waals surface area contributed by atoms with Gasteiger partial charge in [0.15, 0.2) is 11.6 Å². The molecule has 1 rings (SSSR count). The zero-order valence-electron chi connectivity index (χ0n) is 8.73. The van der Waals surface area contributed by atoms with Gasteiger partial charge in [0.05, 0.1) is 5.41 Å². The predicted molar refractivity (Wildman–Crippen MR) is 55.6 cm³/mol. The molecule has 0 bridgehead atoms. The lowest BCUT2D eigenvalue weighted by Crippen LogP contribution is -2.30. The van der Waals surface area contributed by atoms with Crippen molar-refractivity contribution in [1.29, 1.82) is 0 Å². The van der Waals surface area contributed by atoms with Crippen molar-refractivity contribution in [3.8, 4) is 5.75 Å². The molecule has 0 atom stereocenters. The molecule has 0 unspecified atom stereocenters. The van der Waals surface area contributed by atoms with E-state index in [-0.39, 0.29) is 12.4 Å². The standard InChI is InChI=1S/C10H14N2O3/c1-10(2,9(13)14)6-15-7-4-3-5-12-8(7)11/h3-5H,6H2,1-2H3,(H2,11,12)(H,13,14). The van der Waals surface area contributed by atoms with Gasteiger partial charge in [0, 0.05) is 6.20 Å². The number of ether oxygens (including phenoxy) is 1. The second-order valence-electron chi connectivity index (χ2n) is 3.86. The summed E-state index contributed by atoms with van der Waals surface area (Å²) in [5.41, 5.74) is 4.60. The number of aliphatic carboxylic acids is 1. The predicted octanol–water partition coefficient (Wildman–Crippen LogP) is 1.15. The first-order valence-corrected chi connectivity index (χ1v) is 4.50. The van der Waals surface area contributed by atoms with Crippen molar-refractivity contribution in [2.24, 2.45) is 5.41 Å². The molecule has 1 aromatic heterocycles. The van der Waals surface area contributed by atoms with Gasteiger partial charge in [-0.25, -0.2) is 4.98 Å². The number of carboxylic acid groups (broad SMARTS) is 1. The van der Waals surface area contributed by atoms with Crippen molar-refractivity contribution < 1.29 is 14.6 Å². The van der Waals surface area contributed by atoms with E-state index in [1.165, 1.54) is 0 Å². The molecule has 0 radical (unpaired) electrons. The molecule has 5 heteroatoms. The molecule has 82 valence electrons. The van der Waals surface area contributed by atoms with Gasteiger partial charge in [-0.05, 0) is 26.0 Å². The summed E-state index contributed by atoms with van der Waals surface area (Å²) >= 11 is 0. The van der Waals surface area contributed by atoms with Crippen LogP contribution in [0.25, 0.3) is 0 Å². The number of nitrogens with zero attached hydrogens (tertiary/aromatic N) is 1. The van der Waals surface area contributed by atoms with Gasteiger partial charge < -0.3 is 15.6 Å². The Hall–Kier alpha value is -1.78. The molecule has 0 spiro atoms. The zero-order valence-corrected chi connectivity index (χ0v) is 8.73. The van der Waals surface area contributed by atoms with Gasteiger partial charge in [-0.3, -0.25) is 4.79 Å². The Bertz CT molecular complexity index is 363. The molecule has 0 fully saturated rings. The van der Waals surface area contributed by atoms with Gasteiger partial charge in [-0.2, -0.15) is 0 Å². The molecule has 5 nitrogen and oxygen atoms in total. The second kappa shape index (κ2) is 4.16. The van der Waals surface area contributed by atoms with Crippen LogP contribution >= 0.6 is 0 Å². The maximum absolute atomic E-state index is 10.8. The highest BCUT2D eigenvalue weighted by Gasteiger charge is 2.28. The number of carboxylic acids is 1. The van der Waals surface area contributed by atoms with E-state index < -0.39 is 11.4 Å². The van der Waals surface area contributed by atoms with Crippen LogP contribution < -0.4 is 10.5 Å². The summed E-state index contributed by atoms with van der Waals surface area (Å²) in [4.78, 5) is 14.6. The van der Waals surface area contributed by atoms with Crippen molar-refractivity contribution in [2.45, 2.75) is 13.8 Å². The van der Waals surface area contributed by atoms with Gasteiger partial charge in [0.25, 0.3) is 0 Å². The first kappa shape index (κ1) is 11.3. The third-order valence-electron chi connectivity index (χ3n) is 1.97. The fourth-order valence-electron chi connectivity index (χ4n) is 0.845. The maximum Gasteiger partial charge on any atom is 0.312 e. The number of rotatable bonds is 4. The summed E-state index contributed by atoms with van der Waals surface area (Å²) in [6.45, 7) is 3.22. The molecule has 0 saturated heterocycles. The van der Waals surface area contributed by atoms with E-state index >= 15 is 0 Å². The molecule has 0 aliphatic heterocycles. The lowest BCUT2D eigenvalue weighted by molar-refractivity contribution is -0.148. The molecule has 3 N–H and O–H groups in total. The number of anilines is 1. The normalized spacial score (nSPS) is 11.1. The van der Waals surface area contributed by atoms with E-state index in [9.17, 15) is 4.79 Å². The molecule has 0 aliphatic carbocycles. The Labute approximate surface area is 87.9 Å². The summed E-state index contributed by atoms with van der Waals surface area (Å²) in [5, 5.41) is 8.86. The fraction of sp³-hybridized carbons (Fsp3) is 0.400. The van der Waals surface area contributed by atoms with Crippen LogP contribution in [0.15, 0.2) is 18.3 Å². The van der Waals surface area contributed by atoms with E-state index in [0.29, 0.717) is 5.75 Å². The molecule has 0 saturated carbocycles. The number of nitrogen functional groups attached to an aromatic ring is 1. The van der Waals surface area contributed by atoms with Crippen molar-refractivity contribution in [3.05, 3.63) is 18.3 Å². The minimum absolute atomic E-state index is 0.0538. The number of nitrogens with two attached hydrogens (primary N) is 1. The molecule has 1 heterocycles. The van der Waals surface area contributed by atoms with Crippen molar-refractivity contribution in [1.82, 2.24) is 4.98 Å². The molecule has 15 heavy (non-hydrogen) atoms. The molecule has 0 amide bonds. The van der Waals surface area contributed by atoms with Gasteiger partial charge in [-0.15, -0.1) is 0 Å². The SMILES string of the molecule is CC(C)(COc1cccnc1N)C(=O)O. The lowest BCUT2D eigenvalue weighted by Gasteiger charge is -2.19. The average molecular weight is 210 g/mol. The topological polar surface area (TPSA) is 85.4 Å². The highest BCUT2D eigenvalue weighted by Crippen LogP contribution is 2.21.